The number of amides is 2. The van der Waals surface area contributed by atoms with E-state index >= 15 is 0 Å². The molecule has 0 bridgehead atoms. The molecule has 150 valence electrons. The van der Waals surface area contributed by atoms with Gasteiger partial charge < -0.3 is 20.1 Å². The molecule has 0 aromatic heterocycles. The second-order valence-electron chi connectivity index (χ2n) is 7.17. The highest BCUT2D eigenvalue weighted by Gasteiger charge is 2.25. The van der Waals surface area contributed by atoms with Gasteiger partial charge in [0.25, 0.3) is 0 Å². The second kappa shape index (κ2) is 10.1. The third-order valence-corrected chi connectivity index (χ3v) is 3.86. The average Bonchev–Trinajstić information content (AvgIpc) is 2.62. The van der Waals surface area contributed by atoms with Crippen molar-refractivity contribution in [3.8, 4) is 0 Å². The van der Waals surface area contributed by atoms with Crippen LogP contribution in [-0.4, -0.2) is 30.3 Å². The van der Waals surface area contributed by atoms with Crippen LogP contribution in [0.4, 0.5) is 10.5 Å². The molecule has 6 nitrogen and oxygen atoms in total. The molecule has 2 rings (SSSR count). The van der Waals surface area contributed by atoms with E-state index in [0.29, 0.717) is 17.3 Å². The summed E-state index contributed by atoms with van der Waals surface area (Å²) >= 11 is 6.09. The van der Waals surface area contributed by atoms with Gasteiger partial charge in [-0.15, -0.1) is 0 Å². The van der Waals surface area contributed by atoms with Crippen LogP contribution in [0, 0.1) is 0 Å². The van der Waals surface area contributed by atoms with Crippen LogP contribution < -0.4 is 10.6 Å². The molecule has 0 aliphatic carbocycles. The summed E-state index contributed by atoms with van der Waals surface area (Å²) in [5.74, 6) is -0.452. The van der Waals surface area contributed by atoms with Crippen molar-refractivity contribution in [3.63, 3.8) is 0 Å². The van der Waals surface area contributed by atoms with Crippen LogP contribution in [0.5, 0.6) is 0 Å². The predicted octanol–water partition coefficient (Wildman–Crippen LogP) is 4.39. The first-order valence-corrected chi connectivity index (χ1v) is 9.29. The molecule has 2 aromatic rings. The fourth-order valence-corrected chi connectivity index (χ4v) is 2.47. The zero-order valence-corrected chi connectivity index (χ0v) is 17.0. The molecule has 28 heavy (non-hydrogen) atoms. The topological polar surface area (TPSA) is 76.7 Å². The second-order valence-corrected chi connectivity index (χ2v) is 7.58. The number of benzene rings is 2. The summed E-state index contributed by atoms with van der Waals surface area (Å²) < 4.78 is 10.9. The smallest absolute Gasteiger partial charge is 0.408 e. The van der Waals surface area contributed by atoms with Crippen molar-refractivity contribution in [1.82, 2.24) is 5.32 Å². The highest BCUT2D eigenvalue weighted by molar-refractivity contribution is 6.33. The van der Waals surface area contributed by atoms with Gasteiger partial charge in [-0.3, -0.25) is 4.79 Å². The van der Waals surface area contributed by atoms with Gasteiger partial charge >= 0.3 is 6.09 Å². The Balaban J connectivity index is 2.02. The van der Waals surface area contributed by atoms with Gasteiger partial charge in [0, 0.05) is 0 Å². The van der Waals surface area contributed by atoms with Crippen LogP contribution in [0.25, 0.3) is 0 Å². The molecule has 7 heteroatoms. The minimum absolute atomic E-state index is 0.0234. The number of halogens is 1. The molecule has 2 amide bonds. The zero-order valence-electron chi connectivity index (χ0n) is 16.2. The summed E-state index contributed by atoms with van der Waals surface area (Å²) in [7, 11) is 0. The van der Waals surface area contributed by atoms with Gasteiger partial charge in [-0.2, -0.15) is 0 Å². The quantitative estimate of drug-likeness (QED) is 0.717. The molecule has 0 fully saturated rings. The Morgan fingerprint density at radius 3 is 2.32 bits per heavy atom. The fraction of sp³-hybridized carbons (Fsp3) is 0.333. The van der Waals surface area contributed by atoms with Crippen molar-refractivity contribution in [2.45, 2.75) is 39.0 Å². The normalized spacial score (nSPS) is 12.1. The number of carbonyl (C=O) groups excluding carboxylic acids is 2. The van der Waals surface area contributed by atoms with E-state index in [1.54, 1.807) is 45.0 Å². The molecule has 0 heterocycles. The van der Waals surface area contributed by atoms with Crippen LogP contribution in [0.3, 0.4) is 0 Å². The number of hydrogen-bond acceptors (Lipinski definition) is 4. The number of hydrogen-bond donors (Lipinski definition) is 2. The Bertz CT molecular complexity index is 790. The lowest BCUT2D eigenvalue weighted by molar-refractivity contribution is -0.119. The van der Waals surface area contributed by atoms with Crippen LogP contribution in [0.2, 0.25) is 5.02 Å². The molecule has 1 atom stereocenters. The van der Waals surface area contributed by atoms with Gasteiger partial charge in [0.1, 0.15) is 11.6 Å². The highest BCUT2D eigenvalue weighted by Crippen LogP contribution is 2.20. The molecule has 0 radical (unpaired) electrons. The van der Waals surface area contributed by atoms with Crippen molar-refractivity contribution < 1.29 is 19.1 Å². The monoisotopic (exact) mass is 404 g/mol. The number of alkyl carbamates (subject to hydrolysis) is 1. The number of nitrogens with one attached hydrogen (secondary N) is 2. The zero-order chi connectivity index (χ0) is 20.6. The van der Waals surface area contributed by atoms with Crippen molar-refractivity contribution in [2.24, 2.45) is 0 Å². The maximum Gasteiger partial charge on any atom is 0.408 e. The van der Waals surface area contributed by atoms with Gasteiger partial charge in [-0.05, 0) is 38.5 Å². The standard InChI is InChI=1S/C21H25ClN2O4/c1-21(2,3)28-20(26)24-18(14-27-13-15-9-5-4-6-10-15)19(25)23-17-12-8-7-11-16(17)22/h4-12,18H,13-14H2,1-3H3,(H,23,25)(H,24,26)/t18-/m0/s1. The van der Waals surface area contributed by atoms with Gasteiger partial charge in [-0.25, -0.2) is 4.79 Å². The van der Waals surface area contributed by atoms with Crippen molar-refractivity contribution in [2.75, 3.05) is 11.9 Å². The first-order valence-electron chi connectivity index (χ1n) is 8.91. The van der Waals surface area contributed by atoms with E-state index in [9.17, 15) is 9.59 Å². The number of ether oxygens (including phenoxy) is 2. The van der Waals surface area contributed by atoms with E-state index < -0.39 is 23.6 Å². The molecule has 0 saturated heterocycles. The fourth-order valence-electron chi connectivity index (χ4n) is 2.28. The molecule has 2 N–H and O–H groups in total. The summed E-state index contributed by atoms with van der Waals surface area (Å²) in [5, 5.41) is 5.66. The van der Waals surface area contributed by atoms with Crippen LogP contribution in [0.15, 0.2) is 54.6 Å². The maximum absolute atomic E-state index is 12.7. The lowest BCUT2D eigenvalue weighted by atomic mass is 10.2. The SMILES string of the molecule is CC(C)(C)OC(=O)N[C@@H](COCc1ccccc1)C(=O)Nc1ccccc1Cl. The molecule has 0 aliphatic heterocycles. The maximum atomic E-state index is 12.7. The van der Waals surface area contributed by atoms with Crippen molar-refractivity contribution in [3.05, 3.63) is 65.2 Å². The third kappa shape index (κ3) is 7.58. The Morgan fingerprint density at radius 2 is 1.68 bits per heavy atom. The first kappa shape index (κ1) is 21.7. The molecule has 2 aromatic carbocycles. The first-order chi connectivity index (χ1) is 13.2. The molecule has 0 aliphatic rings. The summed E-state index contributed by atoms with van der Waals surface area (Å²) in [4.78, 5) is 24.8. The van der Waals surface area contributed by atoms with E-state index in [1.807, 2.05) is 30.3 Å². The molecule has 0 unspecified atom stereocenters. The van der Waals surface area contributed by atoms with E-state index in [2.05, 4.69) is 10.6 Å². The van der Waals surface area contributed by atoms with Crippen LogP contribution in [0.1, 0.15) is 26.3 Å². The Hall–Kier alpha value is -2.57. The summed E-state index contributed by atoms with van der Waals surface area (Å²) in [6, 6.07) is 15.5. The molecular formula is C21H25ClN2O4. The Kier molecular flexibility index (Phi) is 7.84. The largest absolute Gasteiger partial charge is 0.444 e. The predicted molar refractivity (Wildman–Crippen MR) is 109 cm³/mol. The minimum atomic E-state index is -0.949. The minimum Gasteiger partial charge on any atom is -0.444 e. The molecule has 0 spiro atoms. The van der Waals surface area contributed by atoms with Gasteiger partial charge in [-0.1, -0.05) is 54.1 Å². The van der Waals surface area contributed by atoms with E-state index in [0.717, 1.165) is 5.56 Å². The molecule has 0 saturated carbocycles. The van der Waals surface area contributed by atoms with E-state index in [4.69, 9.17) is 21.1 Å². The number of anilines is 1. The summed E-state index contributed by atoms with van der Waals surface area (Å²) in [6.45, 7) is 5.53. The lowest BCUT2D eigenvalue weighted by Gasteiger charge is -2.23. The Labute approximate surface area is 170 Å². The van der Waals surface area contributed by atoms with E-state index in [1.165, 1.54) is 0 Å². The van der Waals surface area contributed by atoms with Crippen LogP contribution in [-0.2, 0) is 20.9 Å². The number of para-hydroxylation sites is 1. The number of rotatable bonds is 7. The average molecular weight is 405 g/mol. The summed E-state index contributed by atoms with van der Waals surface area (Å²) in [6.07, 6.45) is -0.699. The van der Waals surface area contributed by atoms with Gasteiger partial charge in [0.05, 0.1) is 23.9 Å². The van der Waals surface area contributed by atoms with Crippen molar-refractivity contribution in [1.29, 1.82) is 0 Å². The van der Waals surface area contributed by atoms with Crippen LogP contribution >= 0.6 is 11.6 Å². The van der Waals surface area contributed by atoms with Gasteiger partial charge in [0.15, 0.2) is 0 Å². The lowest BCUT2D eigenvalue weighted by Crippen LogP contribution is -2.48. The van der Waals surface area contributed by atoms with Gasteiger partial charge in [0.2, 0.25) is 5.91 Å². The highest BCUT2D eigenvalue weighted by atomic mass is 35.5. The molecular weight excluding hydrogens is 380 g/mol. The van der Waals surface area contributed by atoms with Crippen molar-refractivity contribution >= 4 is 29.3 Å². The number of carbonyl (C=O) groups is 2. The van der Waals surface area contributed by atoms with E-state index in [-0.39, 0.29) is 6.61 Å². The third-order valence-electron chi connectivity index (χ3n) is 3.54. The summed E-state index contributed by atoms with van der Waals surface area (Å²) in [5.41, 5.74) is 0.733. The Morgan fingerprint density at radius 1 is 1.04 bits per heavy atom.